The van der Waals surface area contributed by atoms with E-state index in [1.54, 1.807) is 6.92 Å². The third-order valence-corrected chi connectivity index (χ3v) is 3.49. The lowest BCUT2D eigenvalue weighted by molar-refractivity contribution is -0.130. The quantitative estimate of drug-likeness (QED) is 0.625. The molecule has 0 radical (unpaired) electrons. The highest BCUT2D eigenvalue weighted by molar-refractivity contribution is 5.84. The third kappa shape index (κ3) is 0.816. The lowest BCUT2D eigenvalue weighted by Gasteiger charge is -2.30. The summed E-state index contributed by atoms with van der Waals surface area (Å²) in [7, 11) is 0. The van der Waals surface area contributed by atoms with E-state index in [1.807, 2.05) is 0 Å². The van der Waals surface area contributed by atoms with E-state index < -0.39 is 5.41 Å². The predicted octanol–water partition coefficient (Wildman–Crippen LogP) is 1.15. The van der Waals surface area contributed by atoms with Crippen LogP contribution < -0.4 is 0 Å². The monoisotopic (exact) mass is 166 g/mol. The second-order valence-corrected chi connectivity index (χ2v) is 4.06. The standard InChI is InChI=1S/C10H14O2/c1-7(12)10(6-11)5-8-2-3-9(10)4-8/h2-3,8-9,11H,4-6H2,1H3/t8-,9-,10+/m0/s1. The topological polar surface area (TPSA) is 37.3 Å². The number of carbonyl (C=O) groups is 1. The second-order valence-electron chi connectivity index (χ2n) is 4.06. The number of rotatable bonds is 2. The number of aliphatic hydroxyl groups excluding tert-OH is 1. The highest BCUT2D eigenvalue weighted by Gasteiger charge is 2.50. The smallest absolute Gasteiger partial charge is 0.138 e. The van der Waals surface area contributed by atoms with E-state index in [4.69, 9.17) is 0 Å². The molecule has 1 N–H and O–H groups in total. The van der Waals surface area contributed by atoms with Gasteiger partial charge in [0.25, 0.3) is 0 Å². The van der Waals surface area contributed by atoms with Crippen LogP contribution in [0.15, 0.2) is 12.2 Å². The van der Waals surface area contributed by atoms with Gasteiger partial charge >= 0.3 is 0 Å². The number of fused-ring (bicyclic) bond motifs is 2. The van der Waals surface area contributed by atoms with Gasteiger partial charge in [0.05, 0.1) is 12.0 Å². The Morgan fingerprint density at radius 1 is 1.67 bits per heavy atom. The van der Waals surface area contributed by atoms with E-state index in [9.17, 15) is 9.90 Å². The van der Waals surface area contributed by atoms with Crippen LogP contribution in [-0.4, -0.2) is 17.5 Å². The molecule has 2 nitrogen and oxygen atoms in total. The normalized spacial score (nSPS) is 43.8. The van der Waals surface area contributed by atoms with Crippen molar-refractivity contribution in [2.45, 2.75) is 19.8 Å². The number of hydrogen-bond acceptors (Lipinski definition) is 2. The van der Waals surface area contributed by atoms with Gasteiger partial charge in [0.1, 0.15) is 5.78 Å². The van der Waals surface area contributed by atoms with Crippen LogP contribution in [0.4, 0.5) is 0 Å². The molecule has 0 amide bonds. The molecule has 2 bridgehead atoms. The van der Waals surface area contributed by atoms with Crippen LogP contribution in [0.2, 0.25) is 0 Å². The summed E-state index contributed by atoms with van der Waals surface area (Å²) in [6.07, 6.45) is 6.22. The van der Waals surface area contributed by atoms with Crippen LogP contribution in [0.5, 0.6) is 0 Å². The van der Waals surface area contributed by atoms with Gasteiger partial charge in [0.2, 0.25) is 0 Å². The summed E-state index contributed by atoms with van der Waals surface area (Å²) in [6.45, 7) is 1.62. The zero-order valence-electron chi connectivity index (χ0n) is 7.29. The Morgan fingerprint density at radius 3 is 2.67 bits per heavy atom. The summed E-state index contributed by atoms with van der Waals surface area (Å²) < 4.78 is 0. The van der Waals surface area contributed by atoms with Gasteiger partial charge in [-0.3, -0.25) is 4.79 Å². The lowest BCUT2D eigenvalue weighted by atomic mass is 9.73. The lowest BCUT2D eigenvalue weighted by Crippen LogP contribution is -2.37. The van der Waals surface area contributed by atoms with Gasteiger partial charge in [0.15, 0.2) is 0 Å². The van der Waals surface area contributed by atoms with Crippen molar-refractivity contribution >= 4 is 5.78 Å². The van der Waals surface area contributed by atoms with Gasteiger partial charge in [-0.15, -0.1) is 0 Å². The summed E-state index contributed by atoms with van der Waals surface area (Å²) in [5.74, 6) is 1.01. The van der Waals surface area contributed by atoms with Crippen molar-refractivity contribution in [3.8, 4) is 0 Å². The minimum absolute atomic E-state index is 0.0217. The number of hydrogen-bond donors (Lipinski definition) is 1. The van der Waals surface area contributed by atoms with Gasteiger partial charge in [-0.2, -0.15) is 0 Å². The first-order valence-electron chi connectivity index (χ1n) is 4.49. The minimum Gasteiger partial charge on any atom is -0.395 e. The van der Waals surface area contributed by atoms with Crippen LogP contribution in [0.3, 0.4) is 0 Å². The van der Waals surface area contributed by atoms with Crippen molar-refractivity contribution in [1.82, 2.24) is 0 Å². The third-order valence-electron chi connectivity index (χ3n) is 3.49. The van der Waals surface area contributed by atoms with E-state index in [0.29, 0.717) is 11.8 Å². The largest absolute Gasteiger partial charge is 0.395 e. The first-order valence-corrected chi connectivity index (χ1v) is 4.49. The molecule has 0 aromatic rings. The molecule has 12 heavy (non-hydrogen) atoms. The molecule has 0 saturated heterocycles. The Hall–Kier alpha value is -0.630. The van der Waals surface area contributed by atoms with E-state index in [1.165, 1.54) is 0 Å². The summed E-state index contributed by atoms with van der Waals surface area (Å²) >= 11 is 0. The van der Waals surface area contributed by atoms with Crippen LogP contribution in [-0.2, 0) is 4.79 Å². The van der Waals surface area contributed by atoms with Crippen molar-refractivity contribution in [3.05, 3.63) is 12.2 Å². The molecule has 2 heteroatoms. The fourth-order valence-electron chi connectivity index (χ4n) is 2.65. The van der Waals surface area contributed by atoms with Crippen molar-refractivity contribution in [2.75, 3.05) is 6.61 Å². The van der Waals surface area contributed by atoms with E-state index in [2.05, 4.69) is 12.2 Å². The fraction of sp³-hybridized carbons (Fsp3) is 0.700. The molecular weight excluding hydrogens is 152 g/mol. The number of Topliss-reactive ketones (excluding diaryl/α,β-unsaturated/α-hetero) is 1. The molecule has 1 saturated carbocycles. The Balaban J connectivity index is 2.31. The van der Waals surface area contributed by atoms with Gasteiger partial charge in [-0.05, 0) is 31.6 Å². The van der Waals surface area contributed by atoms with E-state index >= 15 is 0 Å². The maximum absolute atomic E-state index is 11.4. The number of ketones is 1. The highest BCUT2D eigenvalue weighted by atomic mass is 16.3. The maximum Gasteiger partial charge on any atom is 0.138 e. The molecule has 66 valence electrons. The minimum atomic E-state index is -0.417. The zero-order valence-corrected chi connectivity index (χ0v) is 7.29. The van der Waals surface area contributed by atoms with Crippen molar-refractivity contribution < 1.29 is 9.90 Å². The second kappa shape index (κ2) is 2.43. The molecule has 0 aromatic carbocycles. The Labute approximate surface area is 72.3 Å². The molecule has 2 aliphatic carbocycles. The Kier molecular flexibility index (Phi) is 1.62. The molecule has 3 atom stereocenters. The summed E-state index contributed by atoms with van der Waals surface area (Å²) in [5, 5.41) is 9.25. The van der Waals surface area contributed by atoms with Crippen LogP contribution in [0.1, 0.15) is 19.8 Å². The first kappa shape index (κ1) is 7.99. The van der Waals surface area contributed by atoms with Crippen LogP contribution >= 0.6 is 0 Å². The molecular formula is C10H14O2. The molecule has 1 fully saturated rings. The Bertz CT molecular complexity index is 244. The predicted molar refractivity (Wildman–Crippen MR) is 45.6 cm³/mol. The van der Waals surface area contributed by atoms with Crippen LogP contribution in [0, 0.1) is 17.3 Å². The number of carbonyl (C=O) groups excluding carboxylic acids is 1. The molecule has 0 spiro atoms. The number of aliphatic hydroxyl groups is 1. The summed E-state index contributed by atoms with van der Waals surface area (Å²) in [4.78, 5) is 11.4. The molecule has 2 aliphatic rings. The molecule has 0 heterocycles. The molecule has 2 rings (SSSR count). The highest BCUT2D eigenvalue weighted by Crippen LogP contribution is 2.52. The number of allylic oxidation sites excluding steroid dienone is 2. The maximum atomic E-state index is 11.4. The zero-order chi connectivity index (χ0) is 8.77. The van der Waals surface area contributed by atoms with Crippen molar-refractivity contribution in [2.24, 2.45) is 17.3 Å². The summed E-state index contributed by atoms with van der Waals surface area (Å²) in [5.41, 5.74) is -0.417. The van der Waals surface area contributed by atoms with Crippen molar-refractivity contribution in [3.63, 3.8) is 0 Å². The van der Waals surface area contributed by atoms with E-state index in [-0.39, 0.29) is 12.4 Å². The molecule has 0 aliphatic heterocycles. The average Bonchev–Trinajstić information content (AvgIpc) is 2.62. The Morgan fingerprint density at radius 2 is 2.42 bits per heavy atom. The van der Waals surface area contributed by atoms with Gasteiger partial charge in [-0.1, -0.05) is 12.2 Å². The van der Waals surface area contributed by atoms with Gasteiger partial charge in [-0.25, -0.2) is 0 Å². The van der Waals surface area contributed by atoms with E-state index in [0.717, 1.165) is 12.8 Å². The van der Waals surface area contributed by atoms with Gasteiger partial charge in [0, 0.05) is 0 Å². The summed E-state index contributed by atoms with van der Waals surface area (Å²) in [6, 6.07) is 0. The average molecular weight is 166 g/mol. The molecule has 0 unspecified atom stereocenters. The molecule has 0 aromatic heterocycles. The SMILES string of the molecule is CC(=O)[C@]1(CO)C[C@H]2C=C[C@H]1C2. The first-order chi connectivity index (χ1) is 5.69. The van der Waals surface area contributed by atoms with Crippen molar-refractivity contribution in [1.29, 1.82) is 0 Å². The van der Waals surface area contributed by atoms with Crippen LogP contribution in [0.25, 0.3) is 0 Å². The fourth-order valence-corrected chi connectivity index (χ4v) is 2.65. The van der Waals surface area contributed by atoms with Gasteiger partial charge < -0.3 is 5.11 Å².